The van der Waals surface area contributed by atoms with E-state index in [4.69, 9.17) is 9.47 Å². The number of imide groups is 2. The molecule has 4 amide bonds. The Bertz CT molecular complexity index is 1280. The van der Waals surface area contributed by atoms with Crippen molar-refractivity contribution in [2.45, 2.75) is 83.8 Å². The molecule has 0 aromatic carbocycles. The van der Waals surface area contributed by atoms with Gasteiger partial charge in [-0.25, -0.2) is 0 Å². The molecule has 0 aromatic heterocycles. The predicted molar refractivity (Wildman–Crippen MR) is 159 cm³/mol. The second-order valence-electron chi connectivity index (χ2n) is 16.1. The molecular formula is C35H48N2O8. The third kappa shape index (κ3) is 4.66. The van der Waals surface area contributed by atoms with Crippen molar-refractivity contribution in [3.63, 3.8) is 0 Å². The number of likely N-dealkylation sites (tertiary alicyclic amines) is 1. The fourth-order valence-electron chi connectivity index (χ4n) is 12.4. The van der Waals surface area contributed by atoms with E-state index in [1.54, 1.807) is 6.92 Å². The number of hydrogen-bond acceptors (Lipinski definition) is 7. The molecule has 246 valence electrons. The van der Waals surface area contributed by atoms with Gasteiger partial charge >= 0.3 is 5.97 Å². The normalized spacial score (nSPS) is 49.0. The zero-order valence-electron chi connectivity index (χ0n) is 26.5. The van der Waals surface area contributed by atoms with Crippen molar-refractivity contribution in [1.82, 2.24) is 10.2 Å². The molecule has 0 spiro atoms. The Hall–Kier alpha value is -2.33. The number of nitrogens with zero attached hydrogens (tertiary/aromatic N) is 1. The third-order valence-electron chi connectivity index (χ3n) is 14.2. The molecule has 45 heavy (non-hydrogen) atoms. The van der Waals surface area contributed by atoms with Crippen LogP contribution in [-0.4, -0.2) is 71.6 Å². The van der Waals surface area contributed by atoms with Crippen LogP contribution in [0, 0.1) is 82.9 Å². The standard InChI is InChI=1S/C35H48N2O8/c1-15-17-9-23(24(10-17)35(42)43)25(15)27-18-8-19(12-44-13-21-14-45-21)22(11-18)28(27)30-29(31(38)36-32(30)39)26-16(2)33(40)37(34(26)41)20-6-4-3-5-7-20/h15-30H,3-14H2,1-2H3,(H,42,43)(H,36,38,39). The summed E-state index contributed by atoms with van der Waals surface area (Å²) in [5.41, 5.74) is 0. The number of aliphatic carboxylic acids is 1. The first-order valence-corrected chi connectivity index (χ1v) is 17.8. The predicted octanol–water partition coefficient (Wildman–Crippen LogP) is 3.13. The van der Waals surface area contributed by atoms with Crippen LogP contribution in [0.1, 0.15) is 71.6 Å². The third-order valence-corrected chi connectivity index (χ3v) is 14.2. The van der Waals surface area contributed by atoms with Crippen molar-refractivity contribution in [1.29, 1.82) is 0 Å². The van der Waals surface area contributed by atoms with Crippen LogP contribution in [-0.2, 0) is 33.4 Å². The quantitative estimate of drug-likeness (QED) is 0.294. The van der Waals surface area contributed by atoms with Crippen molar-refractivity contribution in [2.24, 2.45) is 82.9 Å². The van der Waals surface area contributed by atoms with Crippen LogP contribution in [0.3, 0.4) is 0 Å². The van der Waals surface area contributed by atoms with Gasteiger partial charge in [0.2, 0.25) is 23.6 Å². The van der Waals surface area contributed by atoms with E-state index in [2.05, 4.69) is 12.2 Å². The average Bonchev–Trinajstić information content (AvgIpc) is 3.34. The fraction of sp³-hybridized carbons (Fsp3) is 0.857. The largest absolute Gasteiger partial charge is 0.481 e. The molecule has 8 fully saturated rings. The van der Waals surface area contributed by atoms with E-state index in [-0.39, 0.29) is 71.3 Å². The van der Waals surface area contributed by atoms with Gasteiger partial charge in [-0.2, -0.15) is 0 Å². The summed E-state index contributed by atoms with van der Waals surface area (Å²) in [6, 6.07) is -0.125. The Morgan fingerprint density at radius 3 is 2.24 bits per heavy atom. The van der Waals surface area contributed by atoms with Crippen LogP contribution in [0.5, 0.6) is 0 Å². The lowest BCUT2D eigenvalue weighted by atomic mass is 9.56. The topological polar surface area (TPSA) is 143 Å². The van der Waals surface area contributed by atoms with Crippen LogP contribution < -0.4 is 5.32 Å². The Morgan fingerprint density at radius 2 is 1.56 bits per heavy atom. The molecule has 8 aliphatic rings. The average molecular weight is 625 g/mol. The summed E-state index contributed by atoms with van der Waals surface area (Å²) in [6.45, 7) is 5.90. The van der Waals surface area contributed by atoms with Gasteiger partial charge in [0.25, 0.3) is 0 Å². The second-order valence-corrected chi connectivity index (χ2v) is 16.1. The number of carboxylic acids is 1. The summed E-state index contributed by atoms with van der Waals surface area (Å²) in [5.74, 6) is -3.71. The Labute approximate surface area is 264 Å². The number of epoxide rings is 1. The minimum absolute atomic E-state index is 0.0742. The minimum atomic E-state index is -0.880. The number of ether oxygens (including phenoxy) is 2. The summed E-state index contributed by atoms with van der Waals surface area (Å²) >= 11 is 0. The molecule has 3 saturated heterocycles. The second kappa shape index (κ2) is 11.1. The number of amides is 4. The lowest BCUT2D eigenvalue weighted by Crippen LogP contribution is -2.48. The molecule has 15 atom stereocenters. The number of carboxylic acid groups (broad SMARTS) is 1. The summed E-state index contributed by atoms with van der Waals surface area (Å²) in [5, 5.41) is 12.8. The number of rotatable bonds is 9. The van der Waals surface area contributed by atoms with Crippen molar-refractivity contribution in [3.05, 3.63) is 0 Å². The highest BCUT2D eigenvalue weighted by Gasteiger charge is 2.68. The molecule has 10 heteroatoms. The maximum atomic E-state index is 14.2. The number of carbonyl (C=O) groups is 5. The molecule has 0 aromatic rings. The van der Waals surface area contributed by atoms with Crippen LogP contribution in [0.25, 0.3) is 0 Å². The number of carbonyl (C=O) groups excluding carboxylic acids is 4. The molecule has 0 radical (unpaired) electrons. The molecule has 2 N–H and O–H groups in total. The number of hydrogen-bond donors (Lipinski definition) is 2. The van der Waals surface area contributed by atoms with E-state index in [9.17, 15) is 29.1 Å². The van der Waals surface area contributed by atoms with Crippen LogP contribution in [0.2, 0.25) is 0 Å². The summed E-state index contributed by atoms with van der Waals surface area (Å²) in [4.78, 5) is 69.5. The first-order chi connectivity index (χ1) is 21.7. The number of fused-ring (bicyclic) bond motifs is 4. The van der Waals surface area contributed by atoms with E-state index in [0.29, 0.717) is 31.0 Å². The molecular weight excluding hydrogens is 576 g/mol. The van der Waals surface area contributed by atoms with Crippen LogP contribution in [0.15, 0.2) is 0 Å². The van der Waals surface area contributed by atoms with Crippen molar-refractivity contribution >= 4 is 29.6 Å². The van der Waals surface area contributed by atoms with Gasteiger partial charge in [-0.05, 0) is 91.8 Å². The van der Waals surface area contributed by atoms with Gasteiger partial charge in [0, 0.05) is 18.6 Å². The maximum absolute atomic E-state index is 14.2. The molecule has 5 saturated carbocycles. The van der Waals surface area contributed by atoms with Crippen molar-refractivity contribution in [3.8, 4) is 0 Å². The van der Waals surface area contributed by atoms with E-state index in [0.717, 1.165) is 64.4 Å². The van der Waals surface area contributed by atoms with Gasteiger partial charge < -0.3 is 14.6 Å². The highest BCUT2D eigenvalue weighted by Crippen LogP contribution is 2.68. The molecule has 5 aliphatic carbocycles. The number of nitrogens with one attached hydrogen (secondary N) is 1. The van der Waals surface area contributed by atoms with Crippen molar-refractivity contribution in [2.75, 3.05) is 19.8 Å². The summed E-state index contributed by atoms with van der Waals surface area (Å²) in [7, 11) is 0. The molecule has 15 unspecified atom stereocenters. The lowest BCUT2D eigenvalue weighted by Gasteiger charge is -2.47. The zero-order valence-corrected chi connectivity index (χ0v) is 26.5. The van der Waals surface area contributed by atoms with Crippen LogP contribution in [0.4, 0.5) is 0 Å². The van der Waals surface area contributed by atoms with Gasteiger partial charge in [-0.1, -0.05) is 33.1 Å². The summed E-state index contributed by atoms with van der Waals surface area (Å²) < 4.78 is 11.5. The Balaban J connectivity index is 1.14. The van der Waals surface area contributed by atoms with E-state index in [1.807, 2.05) is 0 Å². The SMILES string of the molecule is CC1C(=O)N(C2CCCCC2)C(=O)C1C1C(=O)NC(=O)C1C1C2CC(CC2COCC2CO2)C1C1C(C)C2CC(C(=O)O)C1C2. The molecule has 8 rings (SSSR count). The maximum Gasteiger partial charge on any atom is 0.306 e. The monoisotopic (exact) mass is 624 g/mol. The van der Waals surface area contributed by atoms with Gasteiger partial charge in [0.05, 0.1) is 36.9 Å². The van der Waals surface area contributed by atoms with Crippen molar-refractivity contribution < 1.29 is 38.6 Å². The highest BCUT2D eigenvalue weighted by atomic mass is 16.6. The van der Waals surface area contributed by atoms with E-state index >= 15 is 0 Å². The Morgan fingerprint density at radius 1 is 0.844 bits per heavy atom. The first-order valence-electron chi connectivity index (χ1n) is 17.8. The summed E-state index contributed by atoms with van der Waals surface area (Å²) in [6.07, 6.45) is 8.38. The zero-order chi connectivity index (χ0) is 31.3. The first kappa shape index (κ1) is 30.0. The van der Waals surface area contributed by atoms with Crippen LogP contribution >= 0.6 is 0 Å². The van der Waals surface area contributed by atoms with Gasteiger partial charge in [0.1, 0.15) is 6.10 Å². The van der Waals surface area contributed by atoms with Gasteiger partial charge in [-0.15, -0.1) is 0 Å². The molecule has 3 aliphatic heterocycles. The minimum Gasteiger partial charge on any atom is -0.481 e. The lowest BCUT2D eigenvalue weighted by molar-refractivity contribution is -0.148. The molecule has 4 bridgehead atoms. The molecule has 10 nitrogen and oxygen atoms in total. The fourth-order valence-corrected chi connectivity index (χ4v) is 12.4. The van der Waals surface area contributed by atoms with Gasteiger partial charge in [-0.3, -0.25) is 34.2 Å². The molecule has 3 heterocycles. The Kier molecular flexibility index (Phi) is 7.43. The van der Waals surface area contributed by atoms with Gasteiger partial charge in [0.15, 0.2) is 0 Å². The van der Waals surface area contributed by atoms with E-state index in [1.165, 1.54) is 4.90 Å². The van der Waals surface area contributed by atoms with E-state index < -0.39 is 35.5 Å². The highest BCUT2D eigenvalue weighted by molar-refractivity contribution is 6.11. The smallest absolute Gasteiger partial charge is 0.306 e.